The van der Waals surface area contributed by atoms with E-state index in [2.05, 4.69) is 34.1 Å². The number of thiazole rings is 1. The summed E-state index contributed by atoms with van der Waals surface area (Å²) in [5.74, 6) is 0.154. The highest BCUT2D eigenvalue weighted by Gasteiger charge is 2.37. The molecule has 0 saturated carbocycles. The fraction of sp³-hybridized carbons (Fsp3) is 0.444. The van der Waals surface area contributed by atoms with Crippen molar-refractivity contribution in [3.05, 3.63) is 51.0 Å². The van der Waals surface area contributed by atoms with Gasteiger partial charge < -0.3 is 4.90 Å². The van der Waals surface area contributed by atoms with Gasteiger partial charge in [0, 0.05) is 32.2 Å². The first-order chi connectivity index (χ1) is 11.1. The van der Waals surface area contributed by atoms with Crippen LogP contribution in [0.2, 0.25) is 0 Å². The predicted octanol–water partition coefficient (Wildman–Crippen LogP) is 2.64. The Morgan fingerprint density at radius 1 is 1.22 bits per heavy atom. The lowest BCUT2D eigenvalue weighted by Gasteiger charge is -2.46. The third kappa shape index (κ3) is 2.68. The highest BCUT2D eigenvalue weighted by atomic mass is 32.1. The van der Waals surface area contributed by atoms with Crippen molar-refractivity contribution in [3.63, 3.8) is 0 Å². The van der Waals surface area contributed by atoms with Crippen molar-refractivity contribution in [1.82, 2.24) is 14.8 Å². The molecule has 1 aromatic carbocycles. The number of nitrogens with zero attached hydrogens (tertiary/aromatic N) is 3. The number of likely N-dealkylation sites (tertiary alicyclic amines) is 1. The minimum absolute atomic E-state index is 0.154. The molecule has 1 amide bonds. The van der Waals surface area contributed by atoms with Crippen LogP contribution in [0.25, 0.3) is 0 Å². The third-order valence-corrected chi connectivity index (χ3v) is 5.98. The van der Waals surface area contributed by atoms with Crippen molar-refractivity contribution in [2.24, 2.45) is 0 Å². The molecule has 0 N–H and O–H groups in total. The Hall–Kier alpha value is -1.72. The average molecular weight is 327 g/mol. The Bertz CT molecular complexity index is 748. The Morgan fingerprint density at radius 2 is 1.96 bits per heavy atom. The van der Waals surface area contributed by atoms with E-state index < -0.39 is 0 Å². The molecule has 1 aromatic heterocycles. The zero-order valence-corrected chi connectivity index (χ0v) is 14.4. The van der Waals surface area contributed by atoms with E-state index in [0.717, 1.165) is 48.2 Å². The van der Waals surface area contributed by atoms with Crippen LogP contribution in [0.4, 0.5) is 0 Å². The molecule has 0 bridgehead atoms. The lowest BCUT2D eigenvalue weighted by atomic mass is 9.96. The van der Waals surface area contributed by atoms with Crippen molar-refractivity contribution >= 4 is 17.2 Å². The Labute approximate surface area is 140 Å². The Morgan fingerprint density at radius 3 is 2.65 bits per heavy atom. The molecule has 5 heteroatoms. The van der Waals surface area contributed by atoms with Gasteiger partial charge in [-0.05, 0) is 31.4 Å². The molecule has 23 heavy (non-hydrogen) atoms. The number of carbonyl (C=O) groups is 1. The quantitative estimate of drug-likeness (QED) is 0.851. The minimum Gasteiger partial charge on any atom is -0.335 e. The van der Waals surface area contributed by atoms with E-state index in [1.807, 2.05) is 18.7 Å². The van der Waals surface area contributed by atoms with Crippen LogP contribution < -0.4 is 0 Å². The van der Waals surface area contributed by atoms with E-state index in [4.69, 9.17) is 0 Å². The first-order valence-electron chi connectivity index (χ1n) is 8.16. The number of fused-ring (bicyclic) bond motifs is 1. The van der Waals surface area contributed by atoms with Gasteiger partial charge in [-0.2, -0.15) is 0 Å². The van der Waals surface area contributed by atoms with Crippen molar-refractivity contribution in [1.29, 1.82) is 0 Å². The van der Waals surface area contributed by atoms with Gasteiger partial charge in [-0.1, -0.05) is 24.3 Å². The van der Waals surface area contributed by atoms with E-state index in [1.165, 1.54) is 22.5 Å². The molecular weight excluding hydrogens is 306 g/mol. The largest absolute Gasteiger partial charge is 0.335 e. The number of benzene rings is 1. The van der Waals surface area contributed by atoms with Gasteiger partial charge in [0.25, 0.3) is 5.91 Å². The summed E-state index contributed by atoms with van der Waals surface area (Å²) < 4.78 is 0. The lowest BCUT2D eigenvalue weighted by Crippen LogP contribution is -2.61. The molecule has 4 rings (SSSR count). The topological polar surface area (TPSA) is 36.4 Å². The van der Waals surface area contributed by atoms with Crippen LogP contribution >= 0.6 is 11.3 Å². The van der Waals surface area contributed by atoms with Crippen LogP contribution in [0.5, 0.6) is 0 Å². The van der Waals surface area contributed by atoms with E-state index >= 15 is 0 Å². The summed E-state index contributed by atoms with van der Waals surface area (Å²) in [6.07, 6.45) is 1.12. The van der Waals surface area contributed by atoms with Crippen LogP contribution in [0.1, 0.15) is 31.5 Å². The Kier molecular flexibility index (Phi) is 3.70. The summed E-state index contributed by atoms with van der Waals surface area (Å²) in [5, 5.41) is 0.968. The molecule has 2 aromatic rings. The van der Waals surface area contributed by atoms with E-state index in [-0.39, 0.29) is 5.91 Å². The molecule has 0 atom stereocenters. The highest BCUT2D eigenvalue weighted by Crippen LogP contribution is 2.27. The molecular formula is C18H21N3OS. The molecule has 0 aliphatic carbocycles. The monoisotopic (exact) mass is 327 g/mol. The predicted molar refractivity (Wildman–Crippen MR) is 91.8 cm³/mol. The molecule has 0 spiro atoms. The number of amides is 1. The van der Waals surface area contributed by atoms with Gasteiger partial charge in [0.2, 0.25) is 0 Å². The zero-order chi connectivity index (χ0) is 16.0. The number of aryl methyl sites for hydroxylation is 2. The van der Waals surface area contributed by atoms with Gasteiger partial charge >= 0.3 is 0 Å². The standard InChI is InChI=1S/C18H21N3OS/c1-12-17(23-13(2)19-12)18(22)21-10-16(11-21)20-8-7-14-5-3-4-6-15(14)9-20/h3-6,16H,7-11H2,1-2H3. The fourth-order valence-electron chi connectivity index (χ4n) is 3.55. The molecule has 4 nitrogen and oxygen atoms in total. The second kappa shape index (κ2) is 5.73. The number of carbonyl (C=O) groups excluding carboxylic acids is 1. The molecule has 1 fully saturated rings. The second-order valence-corrected chi connectivity index (χ2v) is 7.70. The summed E-state index contributed by atoms with van der Waals surface area (Å²) in [6, 6.07) is 9.21. The number of hydrogen-bond acceptors (Lipinski definition) is 4. The first kappa shape index (κ1) is 14.8. The van der Waals surface area contributed by atoms with Crippen molar-refractivity contribution in [2.45, 2.75) is 32.9 Å². The van der Waals surface area contributed by atoms with Crippen LogP contribution in [0.3, 0.4) is 0 Å². The van der Waals surface area contributed by atoms with E-state index in [0.29, 0.717) is 6.04 Å². The maximum absolute atomic E-state index is 12.6. The summed E-state index contributed by atoms with van der Waals surface area (Å²) in [5.41, 5.74) is 3.79. The van der Waals surface area contributed by atoms with Gasteiger partial charge in [0.1, 0.15) is 4.88 Å². The lowest BCUT2D eigenvalue weighted by molar-refractivity contribution is 0.0221. The normalized spacial score (nSPS) is 18.6. The molecule has 3 heterocycles. The molecule has 1 saturated heterocycles. The maximum Gasteiger partial charge on any atom is 0.265 e. The zero-order valence-electron chi connectivity index (χ0n) is 13.6. The van der Waals surface area contributed by atoms with Gasteiger partial charge in [-0.15, -0.1) is 11.3 Å². The molecule has 0 unspecified atom stereocenters. The number of rotatable bonds is 2. The van der Waals surface area contributed by atoms with Gasteiger partial charge in [0.05, 0.1) is 10.7 Å². The minimum atomic E-state index is 0.154. The third-order valence-electron chi connectivity index (χ3n) is 4.92. The van der Waals surface area contributed by atoms with Crippen LogP contribution in [0.15, 0.2) is 24.3 Å². The van der Waals surface area contributed by atoms with Crippen LogP contribution in [0, 0.1) is 13.8 Å². The summed E-state index contributed by atoms with van der Waals surface area (Å²) in [7, 11) is 0. The van der Waals surface area contributed by atoms with E-state index in [1.54, 1.807) is 0 Å². The first-order valence-corrected chi connectivity index (χ1v) is 8.97. The molecule has 120 valence electrons. The van der Waals surface area contributed by atoms with Crippen LogP contribution in [-0.2, 0) is 13.0 Å². The second-order valence-electron chi connectivity index (χ2n) is 6.50. The van der Waals surface area contributed by atoms with Gasteiger partial charge in [-0.25, -0.2) is 4.98 Å². The number of hydrogen-bond donors (Lipinski definition) is 0. The fourth-order valence-corrected chi connectivity index (χ4v) is 4.44. The maximum atomic E-state index is 12.6. The summed E-state index contributed by atoms with van der Waals surface area (Å²) >= 11 is 1.51. The van der Waals surface area contributed by atoms with Crippen LogP contribution in [-0.4, -0.2) is 46.4 Å². The Balaban J connectivity index is 1.39. The average Bonchev–Trinajstić information content (AvgIpc) is 2.84. The molecule has 2 aliphatic heterocycles. The van der Waals surface area contributed by atoms with Gasteiger partial charge in [0.15, 0.2) is 0 Å². The smallest absolute Gasteiger partial charge is 0.265 e. The molecule has 2 aliphatic rings. The van der Waals surface area contributed by atoms with Crippen molar-refractivity contribution < 1.29 is 4.79 Å². The van der Waals surface area contributed by atoms with E-state index in [9.17, 15) is 4.79 Å². The van der Waals surface area contributed by atoms with Crippen molar-refractivity contribution in [3.8, 4) is 0 Å². The SMILES string of the molecule is Cc1nc(C)c(C(=O)N2CC(N3CCc4ccccc4C3)C2)s1. The number of aromatic nitrogens is 1. The summed E-state index contributed by atoms with van der Waals surface area (Å²) in [4.78, 5) is 22.2. The highest BCUT2D eigenvalue weighted by molar-refractivity contribution is 7.13. The summed E-state index contributed by atoms with van der Waals surface area (Å²) in [6.45, 7) is 7.69. The van der Waals surface area contributed by atoms with Crippen molar-refractivity contribution in [2.75, 3.05) is 19.6 Å². The van der Waals surface area contributed by atoms with Gasteiger partial charge in [-0.3, -0.25) is 9.69 Å². The molecule has 0 radical (unpaired) electrons.